The lowest BCUT2D eigenvalue weighted by Gasteiger charge is -2.14. The Hall–Kier alpha value is -1.07. The molecule has 4 N–H and O–H groups in total. The molecule has 0 saturated heterocycles. The molecule has 0 aliphatic rings. The van der Waals surface area contributed by atoms with Gasteiger partial charge in [-0.25, -0.2) is 0 Å². The number of hydrogen-bond acceptors (Lipinski definition) is 3. The molecule has 1 aromatic rings. The summed E-state index contributed by atoms with van der Waals surface area (Å²) in [5.74, 6) is -0.715. The Balaban J connectivity index is 3.09. The summed E-state index contributed by atoms with van der Waals surface area (Å²) in [5.41, 5.74) is 7.05. The summed E-state index contributed by atoms with van der Waals surface area (Å²) in [5, 5.41) is 18.6. The first-order valence-corrected chi connectivity index (χ1v) is 6.12. The Kier molecular flexibility index (Phi) is 4.54. The standard InChI is InChI=1S/C12H16BrNO3/c1-6(2)7-3-8(5-10(14)12(16)17)11(15)9(13)4-7/h3-4,6,10,15H,5,14H2,1-2H3,(H,16,17). The minimum atomic E-state index is -1.07. The van der Waals surface area contributed by atoms with Gasteiger partial charge >= 0.3 is 5.97 Å². The summed E-state index contributed by atoms with van der Waals surface area (Å²) in [6, 6.07) is 2.62. The van der Waals surface area contributed by atoms with E-state index in [1.165, 1.54) is 0 Å². The average Bonchev–Trinajstić information content (AvgIpc) is 2.23. The van der Waals surface area contributed by atoms with E-state index in [1.807, 2.05) is 19.9 Å². The normalized spacial score (nSPS) is 12.8. The highest BCUT2D eigenvalue weighted by molar-refractivity contribution is 9.10. The predicted octanol–water partition coefficient (Wildman–Crippen LogP) is 2.23. The molecular weight excluding hydrogens is 286 g/mol. The highest BCUT2D eigenvalue weighted by Gasteiger charge is 2.17. The summed E-state index contributed by atoms with van der Waals surface area (Å²) in [6.45, 7) is 4.06. The van der Waals surface area contributed by atoms with E-state index in [0.29, 0.717) is 16.0 Å². The van der Waals surface area contributed by atoms with Crippen LogP contribution in [0.3, 0.4) is 0 Å². The van der Waals surface area contributed by atoms with E-state index in [9.17, 15) is 9.90 Å². The molecule has 0 aliphatic heterocycles. The van der Waals surface area contributed by atoms with Crippen molar-refractivity contribution in [2.75, 3.05) is 0 Å². The van der Waals surface area contributed by atoms with Crippen molar-refractivity contribution >= 4 is 21.9 Å². The highest BCUT2D eigenvalue weighted by atomic mass is 79.9. The molecule has 0 spiro atoms. The predicted molar refractivity (Wildman–Crippen MR) is 69.2 cm³/mol. The second kappa shape index (κ2) is 5.51. The van der Waals surface area contributed by atoms with E-state index in [1.54, 1.807) is 6.07 Å². The summed E-state index contributed by atoms with van der Waals surface area (Å²) in [4.78, 5) is 10.7. The monoisotopic (exact) mass is 301 g/mol. The maximum atomic E-state index is 10.7. The van der Waals surface area contributed by atoms with Gasteiger partial charge < -0.3 is 15.9 Å². The van der Waals surface area contributed by atoms with Crippen molar-refractivity contribution < 1.29 is 15.0 Å². The number of aliphatic carboxylic acids is 1. The van der Waals surface area contributed by atoms with Gasteiger partial charge in [0.05, 0.1) is 4.47 Å². The van der Waals surface area contributed by atoms with Crippen LogP contribution in [0.4, 0.5) is 0 Å². The largest absolute Gasteiger partial charge is 0.506 e. The molecule has 17 heavy (non-hydrogen) atoms. The van der Waals surface area contributed by atoms with Gasteiger partial charge in [0, 0.05) is 6.42 Å². The number of rotatable bonds is 4. The number of benzene rings is 1. The molecule has 0 aliphatic carbocycles. The fraction of sp³-hybridized carbons (Fsp3) is 0.417. The SMILES string of the molecule is CC(C)c1cc(Br)c(O)c(CC(N)C(=O)O)c1. The van der Waals surface area contributed by atoms with Gasteiger partial charge in [0.1, 0.15) is 11.8 Å². The Morgan fingerprint density at radius 1 is 1.47 bits per heavy atom. The van der Waals surface area contributed by atoms with Crippen LogP contribution >= 0.6 is 15.9 Å². The molecule has 5 heteroatoms. The fourth-order valence-electron chi connectivity index (χ4n) is 1.49. The molecule has 1 atom stereocenters. The van der Waals surface area contributed by atoms with Crippen molar-refractivity contribution in [3.05, 3.63) is 27.7 Å². The van der Waals surface area contributed by atoms with Crippen LogP contribution in [0.2, 0.25) is 0 Å². The van der Waals surface area contributed by atoms with Gasteiger partial charge in [-0.05, 0) is 39.0 Å². The Morgan fingerprint density at radius 3 is 2.53 bits per heavy atom. The lowest BCUT2D eigenvalue weighted by Crippen LogP contribution is -2.32. The third-order valence-corrected chi connectivity index (χ3v) is 3.19. The van der Waals surface area contributed by atoms with Gasteiger partial charge in [-0.2, -0.15) is 0 Å². The van der Waals surface area contributed by atoms with Gasteiger partial charge in [-0.3, -0.25) is 4.79 Å². The number of phenolic OH excluding ortho intramolecular Hbond substituents is 1. The zero-order valence-corrected chi connectivity index (χ0v) is 11.4. The Labute approximate surface area is 109 Å². The number of aromatic hydroxyl groups is 1. The summed E-state index contributed by atoms with van der Waals surface area (Å²) < 4.78 is 0.566. The molecular formula is C12H16BrNO3. The number of carbonyl (C=O) groups is 1. The number of carboxylic acids is 1. The fourth-order valence-corrected chi connectivity index (χ4v) is 2.01. The van der Waals surface area contributed by atoms with E-state index in [2.05, 4.69) is 15.9 Å². The van der Waals surface area contributed by atoms with Crippen molar-refractivity contribution in [1.29, 1.82) is 0 Å². The van der Waals surface area contributed by atoms with Crippen LogP contribution in [0.25, 0.3) is 0 Å². The molecule has 1 unspecified atom stereocenters. The van der Waals surface area contributed by atoms with Crippen molar-refractivity contribution in [3.8, 4) is 5.75 Å². The van der Waals surface area contributed by atoms with Gasteiger partial charge in [0.15, 0.2) is 0 Å². The molecule has 0 fully saturated rings. The van der Waals surface area contributed by atoms with Crippen molar-refractivity contribution in [3.63, 3.8) is 0 Å². The zero-order chi connectivity index (χ0) is 13.2. The summed E-state index contributed by atoms with van der Waals surface area (Å²) >= 11 is 3.25. The molecule has 1 rings (SSSR count). The van der Waals surface area contributed by atoms with Gasteiger partial charge in [-0.15, -0.1) is 0 Å². The Bertz CT molecular complexity index is 432. The van der Waals surface area contributed by atoms with Crippen molar-refractivity contribution in [2.24, 2.45) is 5.73 Å². The lowest BCUT2D eigenvalue weighted by molar-refractivity contribution is -0.138. The molecule has 0 bridgehead atoms. The third kappa shape index (κ3) is 3.44. The third-order valence-electron chi connectivity index (χ3n) is 2.59. The van der Waals surface area contributed by atoms with Crippen LogP contribution < -0.4 is 5.73 Å². The Morgan fingerprint density at radius 2 is 2.06 bits per heavy atom. The summed E-state index contributed by atoms with van der Waals surface area (Å²) in [7, 11) is 0. The number of nitrogens with two attached hydrogens (primary N) is 1. The van der Waals surface area contributed by atoms with Crippen LogP contribution in [-0.2, 0) is 11.2 Å². The number of halogens is 1. The number of hydrogen-bond donors (Lipinski definition) is 3. The minimum Gasteiger partial charge on any atom is -0.506 e. The van der Waals surface area contributed by atoms with E-state index >= 15 is 0 Å². The van der Waals surface area contributed by atoms with E-state index < -0.39 is 12.0 Å². The molecule has 0 radical (unpaired) electrons. The first kappa shape index (κ1) is 14.0. The number of carboxylic acid groups (broad SMARTS) is 1. The molecule has 94 valence electrons. The van der Waals surface area contributed by atoms with E-state index in [4.69, 9.17) is 10.8 Å². The first-order chi connectivity index (χ1) is 7.82. The summed E-state index contributed by atoms with van der Waals surface area (Å²) in [6.07, 6.45) is 0.111. The molecule has 4 nitrogen and oxygen atoms in total. The van der Waals surface area contributed by atoms with Crippen LogP contribution in [0.15, 0.2) is 16.6 Å². The zero-order valence-electron chi connectivity index (χ0n) is 9.77. The van der Waals surface area contributed by atoms with Crippen LogP contribution in [0.5, 0.6) is 5.75 Å². The van der Waals surface area contributed by atoms with E-state index in [-0.39, 0.29) is 12.2 Å². The smallest absolute Gasteiger partial charge is 0.320 e. The molecule has 0 heterocycles. The van der Waals surface area contributed by atoms with Crippen molar-refractivity contribution in [1.82, 2.24) is 0 Å². The second-order valence-electron chi connectivity index (χ2n) is 4.31. The van der Waals surface area contributed by atoms with Gasteiger partial charge in [0.25, 0.3) is 0 Å². The highest BCUT2D eigenvalue weighted by Crippen LogP contribution is 2.32. The molecule has 0 amide bonds. The topological polar surface area (TPSA) is 83.5 Å². The maximum absolute atomic E-state index is 10.7. The van der Waals surface area contributed by atoms with Gasteiger partial charge in [0.2, 0.25) is 0 Å². The number of phenols is 1. The lowest BCUT2D eigenvalue weighted by atomic mass is 9.97. The molecule has 1 aromatic carbocycles. The van der Waals surface area contributed by atoms with Gasteiger partial charge in [-0.1, -0.05) is 19.9 Å². The minimum absolute atomic E-state index is 0.0612. The molecule has 0 aromatic heterocycles. The van der Waals surface area contributed by atoms with Crippen LogP contribution in [0.1, 0.15) is 30.9 Å². The average molecular weight is 302 g/mol. The second-order valence-corrected chi connectivity index (χ2v) is 5.17. The maximum Gasteiger partial charge on any atom is 0.320 e. The van der Waals surface area contributed by atoms with Crippen LogP contribution in [-0.4, -0.2) is 22.2 Å². The van der Waals surface area contributed by atoms with Crippen LogP contribution in [0, 0.1) is 0 Å². The quantitative estimate of drug-likeness (QED) is 0.796. The first-order valence-electron chi connectivity index (χ1n) is 5.32. The molecule has 0 saturated carbocycles. The van der Waals surface area contributed by atoms with Crippen molar-refractivity contribution in [2.45, 2.75) is 32.2 Å². The van der Waals surface area contributed by atoms with E-state index in [0.717, 1.165) is 5.56 Å².